The molecule has 1 fully saturated rings. The van der Waals surface area contributed by atoms with Crippen LogP contribution in [0.3, 0.4) is 0 Å². The molecule has 90 valence electrons. The van der Waals surface area contributed by atoms with Gasteiger partial charge in [0.15, 0.2) is 20.7 Å². The van der Waals surface area contributed by atoms with Crippen LogP contribution in [-0.4, -0.2) is 34.5 Å². The van der Waals surface area contributed by atoms with Crippen molar-refractivity contribution in [3.8, 4) is 10.8 Å². The molecule has 2 aromatic rings. The molecule has 1 aliphatic rings. The molecule has 1 saturated heterocycles. The van der Waals surface area contributed by atoms with Crippen molar-refractivity contribution < 1.29 is 8.42 Å². The van der Waals surface area contributed by atoms with Crippen LogP contribution in [0.4, 0.5) is 0 Å². The Morgan fingerprint density at radius 1 is 1.35 bits per heavy atom. The van der Waals surface area contributed by atoms with E-state index in [0.717, 1.165) is 10.8 Å². The van der Waals surface area contributed by atoms with Crippen molar-refractivity contribution in [3.05, 3.63) is 24.0 Å². The zero-order chi connectivity index (χ0) is 11.9. The summed E-state index contributed by atoms with van der Waals surface area (Å²) in [5.74, 6) is 1.25. The number of aromatic nitrogens is 3. The predicted molar refractivity (Wildman–Crippen MR) is 65.6 cm³/mol. The standard InChI is InChI=1S/C10H11N3O2S2/c14-17(15)6-1-8(7-17)13-4-2-11-9(13)10-12-3-5-16-10/h2-5,8H,1,6-7H2. The second kappa shape index (κ2) is 3.92. The van der Waals surface area contributed by atoms with E-state index in [1.54, 1.807) is 12.4 Å². The molecule has 17 heavy (non-hydrogen) atoms. The molecule has 7 heteroatoms. The minimum Gasteiger partial charge on any atom is -0.325 e. The van der Waals surface area contributed by atoms with Gasteiger partial charge in [0, 0.05) is 24.0 Å². The van der Waals surface area contributed by atoms with E-state index in [1.165, 1.54) is 11.3 Å². The van der Waals surface area contributed by atoms with Crippen molar-refractivity contribution in [3.63, 3.8) is 0 Å². The highest BCUT2D eigenvalue weighted by atomic mass is 32.2. The Morgan fingerprint density at radius 3 is 2.88 bits per heavy atom. The number of rotatable bonds is 2. The minimum atomic E-state index is -2.87. The van der Waals surface area contributed by atoms with Gasteiger partial charge in [0.05, 0.1) is 17.5 Å². The molecule has 0 bridgehead atoms. The predicted octanol–water partition coefficient (Wildman–Crippen LogP) is 1.37. The number of imidazole rings is 1. The second-order valence-corrected chi connectivity index (χ2v) is 7.18. The SMILES string of the molecule is O=S1(=O)CCC(n2ccnc2-c2nccs2)C1. The van der Waals surface area contributed by atoms with Crippen molar-refractivity contribution in [2.24, 2.45) is 0 Å². The lowest BCUT2D eigenvalue weighted by molar-refractivity contribution is 0.560. The number of hydrogen-bond donors (Lipinski definition) is 0. The molecule has 0 radical (unpaired) electrons. The van der Waals surface area contributed by atoms with Gasteiger partial charge in [-0.2, -0.15) is 0 Å². The molecule has 0 spiro atoms. The first-order valence-corrected chi connectivity index (χ1v) is 7.99. The lowest BCUT2D eigenvalue weighted by Gasteiger charge is -2.12. The van der Waals surface area contributed by atoms with E-state index >= 15 is 0 Å². The fourth-order valence-corrected chi connectivity index (χ4v) is 4.45. The third-order valence-corrected chi connectivity index (χ3v) is 5.41. The van der Waals surface area contributed by atoms with Crippen LogP contribution in [0.2, 0.25) is 0 Å². The maximum atomic E-state index is 11.5. The first-order valence-electron chi connectivity index (χ1n) is 5.29. The maximum Gasteiger partial charge on any atom is 0.169 e. The maximum absolute atomic E-state index is 11.5. The van der Waals surface area contributed by atoms with Crippen LogP contribution in [0.1, 0.15) is 12.5 Å². The summed E-state index contributed by atoms with van der Waals surface area (Å²) in [6, 6.07) is 0.00130. The van der Waals surface area contributed by atoms with Gasteiger partial charge < -0.3 is 4.57 Å². The van der Waals surface area contributed by atoms with E-state index in [1.807, 2.05) is 16.1 Å². The largest absolute Gasteiger partial charge is 0.325 e. The van der Waals surface area contributed by atoms with E-state index in [-0.39, 0.29) is 17.5 Å². The molecule has 5 nitrogen and oxygen atoms in total. The average Bonchev–Trinajstić information content (AvgIpc) is 2.93. The molecule has 0 aliphatic carbocycles. The van der Waals surface area contributed by atoms with E-state index < -0.39 is 9.84 Å². The van der Waals surface area contributed by atoms with Crippen molar-refractivity contribution in [2.75, 3.05) is 11.5 Å². The highest BCUT2D eigenvalue weighted by molar-refractivity contribution is 7.91. The summed E-state index contributed by atoms with van der Waals surface area (Å²) in [7, 11) is -2.87. The van der Waals surface area contributed by atoms with Gasteiger partial charge >= 0.3 is 0 Å². The molecule has 3 rings (SSSR count). The lowest BCUT2D eigenvalue weighted by atomic mass is 10.2. The molecule has 0 N–H and O–H groups in total. The highest BCUT2D eigenvalue weighted by Gasteiger charge is 2.30. The summed E-state index contributed by atoms with van der Waals surface area (Å²) in [4.78, 5) is 8.48. The molecule has 0 saturated carbocycles. The summed E-state index contributed by atoms with van der Waals surface area (Å²) in [5.41, 5.74) is 0. The summed E-state index contributed by atoms with van der Waals surface area (Å²) in [6.07, 6.45) is 5.92. The third-order valence-electron chi connectivity index (χ3n) is 2.89. The van der Waals surface area contributed by atoms with Crippen LogP contribution >= 0.6 is 11.3 Å². The number of thiazole rings is 1. The summed E-state index contributed by atoms with van der Waals surface area (Å²) < 4.78 is 24.9. The van der Waals surface area contributed by atoms with Crippen molar-refractivity contribution in [1.29, 1.82) is 0 Å². The van der Waals surface area contributed by atoms with E-state index in [0.29, 0.717) is 6.42 Å². The monoisotopic (exact) mass is 269 g/mol. The first-order chi connectivity index (χ1) is 8.16. The normalized spacial score (nSPS) is 22.9. The molecule has 0 amide bonds. The second-order valence-electron chi connectivity index (χ2n) is 4.05. The van der Waals surface area contributed by atoms with Crippen molar-refractivity contribution in [1.82, 2.24) is 14.5 Å². The molecule has 2 aromatic heterocycles. The molecular formula is C10H11N3O2S2. The lowest BCUT2D eigenvalue weighted by Crippen LogP contribution is -2.11. The Morgan fingerprint density at radius 2 is 2.24 bits per heavy atom. The third kappa shape index (κ3) is 2.00. The summed E-state index contributed by atoms with van der Waals surface area (Å²) >= 11 is 1.51. The Kier molecular flexibility index (Phi) is 2.52. The van der Waals surface area contributed by atoms with Crippen LogP contribution in [0.25, 0.3) is 10.8 Å². The summed E-state index contributed by atoms with van der Waals surface area (Å²) in [6.45, 7) is 0. The number of hydrogen-bond acceptors (Lipinski definition) is 5. The van der Waals surface area contributed by atoms with Crippen LogP contribution in [0.15, 0.2) is 24.0 Å². The van der Waals surface area contributed by atoms with Gasteiger partial charge in [0.25, 0.3) is 0 Å². The fourth-order valence-electron chi connectivity index (χ4n) is 2.10. The van der Waals surface area contributed by atoms with Gasteiger partial charge in [-0.05, 0) is 6.42 Å². The van der Waals surface area contributed by atoms with Gasteiger partial charge in [-0.1, -0.05) is 0 Å². The van der Waals surface area contributed by atoms with Gasteiger partial charge in [-0.25, -0.2) is 18.4 Å². The van der Waals surface area contributed by atoms with Gasteiger partial charge in [0.1, 0.15) is 0 Å². The Balaban J connectivity index is 1.98. The summed E-state index contributed by atoms with van der Waals surface area (Å²) in [5, 5.41) is 2.72. The smallest absolute Gasteiger partial charge is 0.169 e. The van der Waals surface area contributed by atoms with Gasteiger partial charge in [0.2, 0.25) is 0 Å². The first kappa shape index (κ1) is 10.9. The van der Waals surface area contributed by atoms with E-state index in [4.69, 9.17) is 0 Å². The van der Waals surface area contributed by atoms with Crippen LogP contribution < -0.4 is 0 Å². The highest BCUT2D eigenvalue weighted by Crippen LogP contribution is 2.29. The Bertz CT molecular complexity index is 616. The van der Waals surface area contributed by atoms with Crippen LogP contribution in [0.5, 0.6) is 0 Å². The molecule has 3 heterocycles. The average molecular weight is 269 g/mol. The van der Waals surface area contributed by atoms with Crippen LogP contribution in [-0.2, 0) is 9.84 Å². The van der Waals surface area contributed by atoms with E-state index in [9.17, 15) is 8.42 Å². The van der Waals surface area contributed by atoms with Crippen LogP contribution in [0, 0.1) is 0 Å². The molecule has 1 unspecified atom stereocenters. The van der Waals surface area contributed by atoms with Gasteiger partial charge in [-0.3, -0.25) is 0 Å². The molecular weight excluding hydrogens is 258 g/mol. The Labute approximate surface area is 103 Å². The van der Waals surface area contributed by atoms with Crippen molar-refractivity contribution in [2.45, 2.75) is 12.5 Å². The zero-order valence-corrected chi connectivity index (χ0v) is 10.6. The molecule has 1 aliphatic heterocycles. The topological polar surface area (TPSA) is 64.8 Å². The Hall–Kier alpha value is -1.21. The minimum absolute atomic E-state index is 0.00130. The fraction of sp³-hybridized carbons (Fsp3) is 0.400. The van der Waals surface area contributed by atoms with E-state index in [2.05, 4.69) is 9.97 Å². The molecule has 1 atom stereocenters. The number of sulfone groups is 1. The zero-order valence-electron chi connectivity index (χ0n) is 8.98. The number of nitrogens with zero attached hydrogens (tertiary/aromatic N) is 3. The van der Waals surface area contributed by atoms with Gasteiger partial charge in [-0.15, -0.1) is 11.3 Å². The van der Waals surface area contributed by atoms with Crippen molar-refractivity contribution >= 4 is 21.2 Å². The quantitative estimate of drug-likeness (QED) is 0.826. The molecule has 0 aromatic carbocycles.